The Morgan fingerprint density at radius 3 is 1.34 bits per heavy atom. The van der Waals surface area contributed by atoms with E-state index in [-0.39, 0.29) is 0 Å². The second kappa shape index (κ2) is 10.3. The maximum atomic E-state index is 13.8. The number of amides is 2. The van der Waals surface area contributed by atoms with Crippen LogP contribution in [0.1, 0.15) is 75.6 Å². The number of nitrogens with one attached hydrogen (secondary N) is 2. The SMILES string of the molecule is CC(C)(C(=O)N[C@H](c1ccc2ccccc2c1)C1(O)CCC1)C(=O)N[C@H](c1ccc2ccccc2c1)C1(O)CCC1. The number of aliphatic hydroxyl groups is 2. The van der Waals surface area contributed by atoms with Crippen LogP contribution in [-0.2, 0) is 9.59 Å². The molecule has 0 spiro atoms. The van der Waals surface area contributed by atoms with Gasteiger partial charge >= 0.3 is 0 Å². The number of carbonyl (C=O) groups is 2. The third-order valence-electron chi connectivity index (χ3n) is 9.41. The van der Waals surface area contributed by atoms with Crippen molar-refractivity contribution in [2.75, 3.05) is 0 Å². The highest BCUT2D eigenvalue weighted by molar-refractivity contribution is 6.04. The highest BCUT2D eigenvalue weighted by atomic mass is 16.3. The molecular formula is C35H38N2O4. The molecule has 0 heterocycles. The van der Waals surface area contributed by atoms with E-state index in [2.05, 4.69) is 10.6 Å². The summed E-state index contributed by atoms with van der Waals surface area (Å²) in [6, 6.07) is 26.6. The zero-order valence-corrected chi connectivity index (χ0v) is 23.7. The Hall–Kier alpha value is -3.74. The predicted molar refractivity (Wildman–Crippen MR) is 161 cm³/mol. The van der Waals surface area contributed by atoms with Crippen molar-refractivity contribution in [2.24, 2.45) is 5.41 Å². The van der Waals surface area contributed by atoms with Gasteiger partial charge < -0.3 is 20.8 Å². The van der Waals surface area contributed by atoms with E-state index in [1.807, 2.05) is 84.9 Å². The van der Waals surface area contributed by atoms with Crippen molar-refractivity contribution in [3.63, 3.8) is 0 Å². The van der Waals surface area contributed by atoms with Gasteiger partial charge in [0.25, 0.3) is 0 Å². The van der Waals surface area contributed by atoms with Gasteiger partial charge in [0, 0.05) is 0 Å². The highest BCUT2D eigenvalue weighted by Gasteiger charge is 2.49. The molecular weight excluding hydrogens is 512 g/mol. The third kappa shape index (κ3) is 5.00. The molecule has 0 aromatic heterocycles. The molecule has 2 aliphatic carbocycles. The highest BCUT2D eigenvalue weighted by Crippen LogP contribution is 2.44. The van der Waals surface area contributed by atoms with Gasteiger partial charge in [-0.3, -0.25) is 9.59 Å². The average Bonchev–Trinajstić information content (AvgIpc) is 2.95. The van der Waals surface area contributed by atoms with Crippen LogP contribution in [0.2, 0.25) is 0 Å². The molecule has 0 unspecified atom stereocenters. The van der Waals surface area contributed by atoms with Crippen molar-refractivity contribution < 1.29 is 19.8 Å². The fourth-order valence-corrected chi connectivity index (χ4v) is 6.21. The lowest BCUT2D eigenvalue weighted by atomic mass is 9.71. The normalized spacial score (nSPS) is 19.0. The summed E-state index contributed by atoms with van der Waals surface area (Å²) < 4.78 is 0. The lowest BCUT2D eigenvalue weighted by molar-refractivity contribution is -0.147. The molecule has 6 nitrogen and oxygen atoms in total. The maximum Gasteiger partial charge on any atom is 0.235 e. The first kappa shape index (κ1) is 27.4. The summed E-state index contributed by atoms with van der Waals surface area (Å²) in [6.07, 6.45) is 4.07. The molecule has 2 fully saturated rings. The number of rotatable bonds is 8. The summed E-state index contributed by atoms with van der Waals surface area (Å²) >= 11 is 0. The molecule has 2 aliphatic rings. The summed E-state index contributed by atoms with van der Waals surface area (Å²) in [5.41, 5.74) is -1.97. The first-order chi connectivity index (χ1) is 19.6. The Morgan fingerprint density at radius 2 is 1.00 bits per heavy atom. The first-order valence-electron chi connectivity index (χ1n) is 14.6. The van der Waals surface area contributed by atoms with Crippen LogP contribution in [0.4, 0.5) is 0 Å². The minimum Gasteiger partial charge on any atom is -0.387 e. The van der Waals surface area contributed by atoms with Crippen LogP contribution in [0.5, 0.6) is 0 Å². The van der Waals surface area contributed by atoms with Crippen LogP contribution in [0.3, 0.4) is 0 Å². The van der Waals surface area contributed by atoms with Gasteiger partial charge in [-0.2, -0.15) is 0 Å². The van der Waals surface area contributed by atoms with Crippen molar-refractivity contribution >= 4 is 33.4 Å². The Labute approximate surface area is 240 Å². The fourth-order valence-electron chi connectivity index (χ4n) is 6.21. The van der Waals surface area contributed by atoms with E-state index in [9.17, 15) is 19.8 Å². The van der Waals surface area contributed by atoms with Crippen molar-refractivity contribution in [3.05, 3.63) is 96.1 Å². The van der Waals surface area contributed by atoms with Gasteiger partial charge in [-0.15, -0.1) is 0 Å². The molecule has 4 aromatic carbocycles. The Balaban J connectivity index is 1.26. The van der Waals surface area contributed by atoms with E-state index in [1.165, 1.54) is 0 Å². The molecule has 0 saturated heterocycles. The Bertz CT molecular complexity index is 1500. The summed E-state index contributed by atoms with van der Waals surface area (Å²) in [5, 5.41) is 33.2. The molecule has 0 bridgehead atoms. The van der Waals surface area contributed by atoms with Crippen LogP contribution in [0, 0.1) is 5.41 Å². The summed E-state index contributed by atoms with van der Waals surface area (Å²) in [5.74, 6) is -0.933. The van der Waals surface area contributed by atoms with E-state index in [0.29, 0.717) is 25.7 Å². The zero-order valence-electron chi connectivity index (χ0n) is 23.7. The third-order valence-corrected chi connectivity index (χ3v) is 9.41. The molecule has 4 N–H and O–H groups in total. The zero-order chi connectivity index (χ0) is 28.8. The molecule has 212 valence electrons. The van der Waals surface area contributed by atoms with E-state index in [4.69, 9.17) is 0 Å². The van der Waals surface area contributed by atoms with E-state index < -0.39 is 40.5 Å². The number of fused-ring (bicyclic) bond motifs is 2. The van der Waals surface area contributed by atoms with Crippen molar-refractivity contribution in [2.45, 2.75) is 75.7 Å². The molecule has 4 aromatic rings. The molecule has 6 heteroatoms. The molecule has 2 atom stereocenters. The number of hydrogen-bond donors (Lipinski definition) is 4. The lowest BCUT2D eigenvalue weighted by Gasteiger charge is -2.45. The average molecular weight is 551 g/mol. The van der Waals surface area contributed by atoms with Crippen LogP contribution >= 0.6 is 0 Å². The first-order valence-corrected chi connectivity index (χ1v) is 14.6. The minimum atomic E-state index is -1.45. The van der Waals surface area contributed by atoms with Gasteiger partial charge in [0.05, 0.1) is 23.3 Å². The van der Waals surface area contributed by atoms with Crippen molar-refractivity contribution in [3.8, 4) is 0 Å². The van der Waals surface area contributed by atoms with E-state index in [1.54, 1.807) is 13.8 Å². The Morgan fingerprint density at radius 1 is 0.634 bits per heavy atom. The molecule has 2 saturated carbocycles. The van der Waals surface area contributed by atoms with E-state index in [0.717, 1.165) is 45.5 Å². The topological polar surface area (TPSA) is 98.7 Å². The summed E-state index contributed by atoms with van der Waals surface area (Å²) in [4.78, 5) is 27.6. The van der Waals surface area contributed by atoms with Gasteiger partial charge in [0.2, 0.25) is 11.8 Å². The van der Waals surface area contributed by atoms with Crippen LogP contribution in [-0.4, -0.2) is 33.2 Å². The second-order valence-electron chi connectivity index (χ2n) is 12.6. The largest absolute Gasteiger partial charge is 0.387 e. The molecule has 0 aliphatic heterocycles. The minimum absolute atomic E-state index is 0.466. The molecule has 6 rings (SSSR count). The van der Waals surface area contributed by atoms with Crippen LogP contribution < -0.4 is 10.6 Å². The van der Waals surface area contributed by atoms with Gasteiger partial charge in [-0.1, -0.05) is 72.8 Å². The van der Waals surface area contributed by atoms with Gasteiger partial charge in [0.1, 0.15) is 5.41 Å². The summed E-state index contributed by atoms with van der Waals surface area (Å²) in [6.45, 7) is 3.20. The van der Waals surface area contributed by atoms with Crippen molar-refractivity contribution in [1.82, 2.24) is 10.6 Å². The van der Waals surface area contributed by atoms with Gasteiger partial charge in [-0.05, 0) is 97.2 Å². The van der Waals surface area contributed by atoms with E-state index >= 15 is 0 Å². The smallest absolute Gasteiger partial charge is 0.235 e. The lowest BCUT2D eigenvalue weighted by Crippen LogP contribution is -2.57. The maximum absolute atomic E-state index is 13.8. The van der Waals surface area contributed by atoms with Gasteiger partial charge in [-0.25, -0.2) is 0 Å². The van der Waals surface area contributed by atoms with Crippen molar-refractivity contribution in [1.29, 1.82) is 0 Å². The van der Waals surface area contributed by atoms with Crippen LogP contribution in [0.15, 0.2) is 84.9 Å². The summed E-state index contributed by atoms with van der Waals surface area (Å²) in [7, 11) is 0. The number of carbonyl (C=O) groups excluding carboxylic acids is 2. The molecule has 0 radical (unpaired) electrons. The van der Waals surface area contributed by atoms with Crippen LogP contribution in [0.25, 0.3) is 21.5 Å². The quantitative estimate of drug-likeness (QED) is 0.207. The predicted octanol–water partition coefficient (Wildman–Crippen LogP) is 5.86. The molecule has 2 amide bonds. The number of benzene rings is 4. The monoisotopic (exact) mass is 550 g/mol. The standard InChI is InChI=1S/C35H38N2O4/c1-33(2,31(38)36-29(34(40)17-7-18-34)27-15-13-23-9-3-5-11-25(23)21-27)32(39)37-30(35(41)19-8-20-35)28-16-14-24-10-4-6-12-26(24)22-28/h3-6,9-16,21-22,29-30,40-41H,7-8,17-20H2,1-2H3,(H,36,38)(H,37,39)/t29-,30-/m1/s1. The number of hydrogen-bond acceptors (Lipinski definition) is 4. The fraction of sp³-hybridized carbons (Fsp3) is 0.371. The second-order valence-corrected chi connectivity index (χ2v) is 12.6. The van der Waals surface area contributed by atoms with Gasteiger partial charge in [0.15, 0.2) is 0 Å². The Kier molecular flexibility index (Phi) is 6.87. The molecule has 41 heavy (non-hydrogen) atoms.